The molecule has 0 aromatic rings. The first-order chi connectivity index (χ1) is 5.81. The van der Waals surface area contributed by atoms with Crippen LogP contribution in [0.15, 0.2) is 4.99 Å². The zero-order valence-corrected chi connectivity index (χ0v) is 8.06. The van der Waals surface area contributed by atoms with Gasteiger partial charge in [-0.3, -0.25) is 4.99 Å². The van der Waals surface area contributed by atoms with Crippen molar-refractivity contribution in [1.82, 2.24) is 5.32 Å². The number of hydrogen-bond donors (Lipinski definition) is 4. The van der Waals surface area contributed by atoms with Gasteiger partial charge in [-0.2, -0.15) is 12.6 Å². The Morgan fingerprint density at radius 1 is 1.50 bits per heavy atom. The van der Waals surface area contributed by atoms with Gasteiger partial charge in [0.15, 0.2) is 5.96 Å². The van der Waals surface area contributed by atoms with E-state index in [1.54, 1.807) is 0 Å². The lowest BCUT2D eigenvalue weighted by Gasteiger charge is -2.02. The van der Waals surface area contributed by atoms with Gasteiger partial charge in [-0.05, 0) is 12.8 Å². The van der Waals surface area contributed by atoms with Crippen LogP contribution in [0.2, 0.25) is 0 Å². The maximum atomic E-state index is 8.47. The molecule has 0 aliphatic heterocycles. The number of nitrogens with two attached hydrogens (primary N) is 1. The summed E-state index contributed by atoms with van der Waals surface area (Å²) < 4.78 is 0. The number of guanidine groups is 1. The number of aliphatic hydroxyl groups is 1. The van der Waals surface area contributed by atoms with Crippen LogP contribution in [0.5, 0.6) is 0 Å². The van der Waals surface area contributed by atoms with E-state index in [0.717, 1.165) is 25.1 Å². The molecule has 0 atom stereocenters. The lowest BCUT2D eigenvalue weighted by atomic mass is 10.3. The third-order valence-electron chi connectivity index (χ3n) is 1.27. The predicted molar refractivity (Wildman–Crippen MR) is 54.7 cm³/mol. The van der Waals surface area contributed by atoms with Crippen molar-refractivity contribution < 1.29 is 5.11 Å². The van der Waals surface area contributed by atoms with Crippen molar-refractivity contribution in [3.8, 4) is 0 Å². The number of hydrogen-bond acceptors (Lipinski definition) is 3. The van der Waals surface area contributed by atoms with Gasteiger partial charge < -0.3 is 16.2 Å². The third kappa shape index (κ3) is 7.68. The van der Waals surface area contributed by atoms with Crippen LogP contribution in [0.4, 0.5) is 0 Å². The van der Waals surface area contributed by atoms with Gasteiger partial charge in [0.2, 0.25) is 0 Å². The first kappa shape index (κ1) is 11.6. The zero-order valence-electron chi connectivity index (χ0n) is 7.16. The van der Waals surface area contributed by atoms with Crippen molar-refractivity contribution in [1.29, 1.82) is 0 Å². The Labute approximate surface area is 78.7 Å². The van der Waals surface area contributed by atoms with Gasteiger partial charge in [-0.25, -0.2) is 0 Å². The van der Waals surface area contributed by atoms with Gasteiger partial charge >= 0.3 is 0 Å². The summed E-state index contributed by atoms with van der Waals surface area (Å²) in [6.45, 7) is 1.63. The summed E-state index contributed by atoms with van der Waals surface area (Å²) in [7, 11) is 0. The molecule has 0 aromatic heterocycles. The van der Waals surface area contributed by atoms with Crippen LogP contribution in [-0.2, 0) is 0 Å². The molecule has 0 rings (SSSR count). The molecule has 0 heterocycles. The molecule has 0 aliphatic rings. The van der Waals surface area contributed by atoms with E-state index in [4.69, 9.17) is 10.8 Å². The molecule has 0 saturated heterocycles. The summed E-state index contributed by atoms with van der Waals surface area (Å²) >= 11 is 4.01. The summed E-state index contributed by atoms with van der Waals surface area (Å²) in [5, 5.41) is 11.4. The number of thiol groups is 1. The van der Waals surface area contributed by atoms with Gasteiger partial charge in [-0.15, -0.1) is 0 Å². The SMILES string of the molecule is NC(=NCCCCO)NCCS. The number of rotatable bonds is 6. The average Bonchev–Trinajstić information content (AvgIpc) is 2.09. The number of aliphatic imine (C=N–C) groups is 1. The average molecular weight is 191 g/mol. The van der Waals surface area contributed by atoms with E-state index in [1.165, 1.54) is 0 Å². The van der Waals surface area contributed by atoms with Crippen molar-refractivity contribution in [2.24, 2.45) is 10.7 Å². The van der Waals surface area contributed by atoms with Crippen LogP contribution in [0.1, 0.15) is 12.8 Å². The second-order valence-corrected chi connectivity index (χ2v) is 2.80. The Morgan fingerprint density at radius 2 is 2.25 bits per heavy atom. The fraction of sp³-hybridized carbons (Fsp3) is 0.857. The van der Waals surface area contributed by atoms with E-state index in [1.807, 2.05) is 0 Å². The van der Waals surface area contributed by atoms with Gasteiger partial charge in [0.25, 0.3) is 0 Å². The van der Waals surface area contributed by atoms with Gasteiger partial charge in [0.05, 0.1) is 0 Å². The summed E-state index contributed by atoms with van der Waals surface area (Å²) in [5.41, 5.74) is 5.48. The van der Waals surface area contributed by atoms with Crippen LogP contribution in [0.3, 0.4) is 0 Å². The van der Waals surface area contributed by atoms with Gasteiger partial charge in [0.1, 0.15) is 0 Å². The molecule has 5 heteroatoms. The molecule has 72 valence electrons. The smallest absolute Gasteiger partial charge is 0.188 e. The minimum atomic E-state index is 0.222. The summed E-state index contributed by atoms with van der Waals surface area (Å²) in [6, 6.07) is 0. The van der Waals surface area contributed by atoms with Gasteiger partial charge in [-0.1, -0.05) is 0 Å². The topological polar surface area (TPSA) is 70.6 Å². The molecule has 0 bridgehead atoms. The Bertz CT molecular complexity index is 130. The molecule has 12 heavy (non-hydrogen) atoms. The summed E-state index contributed by atoms with van der Waals surface area (Å²) in [5.74, 6) is 1.20. The van der Waals surface area contributed by atoms with Crippen LogP contribution >= 0.6 is 12.6 Å². The minimum absolute atomic E-state index is 0.222. The van der Waals surface area contributed by atoms with Crippen LogP contribution in [0, 0.1) is 0 Å². The van der Waals surface area contributed by atoms with Crippen LogP contribution in [-0.4, -0.2) is 36.5 Å². The lowest BCUT2D eigenvalue weighted by Crippen LogP contribution is -2.33. The number of unbranched alkanes of at least 4 members (excludes halogenated alkanes) is 1. The highest BCUT2D eigenvalue weighted by atomic mass is 32.1. The maximum Gasteiger partial charge on any atom is 0.188 e. The van der Waals surface area contributed by atoms with Crippen LogP contribution in [0.25, 0.3) is 0 Å². The zero-order chi connectivity index (χ0) is 9.23. The molecular weight excluding hydrogens is 174 g/mol. The van der Waals surface area contributed by atoms with E-state index in [2.05, 4.69) is 22.9 Å². The highest BCUT2D eigenvalue weighted by Crippen LogP contribution is 1.86. The normalized spacial score (nSPS) is 11.7. The van der Waals surface area contributed by atoms with Crippen molar-refractivity contribution in [3.05, 3.63) is 0 Å². The fourth-order valence-corrected chi connectivity index (χ4v) is 0.775. The number of nitrogens with zero attached hydrogens (tertiary/aromatic N) is 1. The first-order valence-electron chi connectivity index (χ1n) is 4.06. The van der Waals surface area contributed by atoms with Crippen molar-refractivity contribution >= 4 is 18.6 Å². The van der Waals surface area contributed by atoms with E-state index in [9.17, 15) is 0 Å². The second kappa shape index (κ2) is 8.67. The molecule has 0 aromatic carbocycles. The first-order valence-corrected chi connectivity index (χ1v) is 4.70. The molecule has 0 fully saturated rings. The maximum absolute atomic E-state index is 8.47. The molecule has 4 nitrogen and oxygen atoms in total. The van der Waals surface area contributed by atoms with E-state index in [0.29, 0.717) is 12.5 Å². The Morgan fingerprint density at radius 3 is 2.83 bits per heavy atom. The molecule has 0 aliphatic carbocycles. The highest BCUT2D eigenvalue weighted by Gasteiger charge is 1.88. The van der Waals surface area contributed by atoms with Crippen molar-refractivity contribution in [3.63, 3.8) is 0 Å². The van der Waals surface area contributed by atoms with E-state index in [-0.39, 0.29) is 6.61 Å². The molecule has 0 radical (unpaired) electrons. The summed E-state index contributed by atoms with van der Waals surface area (Å²) in [6.07, 6.45) is 1.66. The molecule has 0 saturated carbocycles. The summed E-state index contributed by atoms with van der Waals surface area (Å²) in [4.78, 5) is 4.04. The Kier molecular flexibility index (Phi) is 8.37. The lowest BCUT2D eigenvalue weighted by molar-refractivity contribution is 0.285. The van der Waals surface area contributed by atoms with Crippen molar-refractivity contribution in [2.75, 3.05) is 25.4 Å². The number of nitrogens with one attached hydrogen (secondary N) is 1. The van der Waals surface area contributed by atoms with E-state index < -0.39 is 0 Å². The standard InChI is InChI=1S/C7H17N3OS/c8-7(10-4-6-12)9-3-1-2-5-11/h11-12H,1-6H2,(H3,8,9,10). The van der Waals surface area contributed by atoms with Crippen LogP contribution < -0.4 is 11.1 Å². The monoisotopic (exact) mass is 191 g/mol. The van der Waals surface area contributed by atoms with Gasteiger partial charge in [0, 0.05) is 25.4 Å². The minimum Gasteiger partial charge on any atom is -0.396 e. The van der Waals surface area contributed by atoms with Crippen molar-refractivity contribution in [2.45, 2.75) is 12.8 Å². The Balaban J connectivity index is 3.28. The molecule has 0 unspecified atom stereocenters. The highest BCUT2D eigenvalue weighted by molar-refractivity contribution is 7.80. The predicted octanol–water partition coefficient (Wildman–Crippen LogP) is -0.407. The van der Waals surface area contributed by atoms with E-state index >= 15 is 0 Å². The second-order valence-electron chi connectivity index (χ2n) is 2.35. The largest absolute Gasteiger partial charge is 0.396 e. The fourth-order valence-electron chi connectivity index (χ4n) is 0.663. The molecular formula is C7H17N3OS. The molecule has 0 amide bonds. The Hall–Kier alpha value is -0.420. The number of aliphatic hydroxyl groups excluding tert-OH is 1. The quantitative estimate of drug-likeness (QED) is 0.200. The third-order valence-corrected chi connectivity index (χ3v) is 1.49. The molecule has 4 N–H and O–H groups in total. The molecule has 0 spiro atoms.